The Morgan fingerprint density at radius 3 is 2.36 bits per heavy atom. The number of fused-ring (bicyclic) bond motifs is 1. The van der Waals surface area contributed by atoms with Crippen LogP contribution >= 0.6 is 12.4 Å². The fraction of sp³-hybridized carbons (Fsp3) is 0.562. The molecule has 1 saturated heterocycles. The molecule has 0 radical (unpaired) electrons. The van der Waals surface area contributed by atoms with Gasteiger partial charge in [-0.15, -0.1) is 12.4 Å². The minimum Gasteiger partial charge on any atom is -0.367 e. The van der Waals surface area contributed by atoms with Gasteiger partial charge in [-0.3, -0.25) is 0 Å². The highest BCUT2D eigenvalue weighted by atomic mass is 35.5. The molecule has 3 rings (SSSR count). The number of rotatable bonds is 4. The molecule has 0 amide bonds. The Morgan fingerprint density at radius 2 is 1.68 bits per heavy atom. The lowest BCUT2D eigenvalue weighted by Crippen LogP contribution is -2.53. The predicted molar refractivity (Wildman–Crippen MR) is 93.4 cm³/mol. The first-order valence-corrected chi connectivity index (χ1v) is 8.31. The van der Waals surface area contributed by atoms with Gasteiger partial charge in [0.05, 0.1) is 18.0 Å². The standard InChI is InChI=1S/C16H17F6N5.ClH/c17-15(18,19)2-4-23-11-7-10(16(20,21)22)8-27(9-11)12-1-3-25-14-13(12)24-5-6-26-14;/h1,3,5-6,10-11,23H,2,4,7-9H2;1H/t10-,11+;/m1./s1. The van der Waals surface area contributed by atoms with Gasteiger partial charge in [0.1, 0.15) is 5.52 Å². The third-order valence-corrected chi connectivity index (χ3v) is 4.45. The summed E-state index contributed by atoms with van der Waals surface area (Å²) in [7, 11) is 0. The molecule has 0 bridgehead atoms. The lowest BCUT2D eigenvalue weighted by molar-refractivity contribution is -0.178. The van der Waals surface area contributed by atoms with E-state index in [1.165, 1.54) is 23.5 Å². The van der Waals surface area contributed by atoms with Crippen LogP contribution in [0.1, 0.15) is 12.8 Å². The fourth-order valence-electron chi connectivity index (χ4n) is 3.22. The molecule has 5 nitrogen and oxygen atoms in total. The van der Waals surface area contributed by atoms with Gasteiger partial charge < -0.3 is 10.2 Å². The molecule has 2 aromatic rings. The normalized spacial score (nSPS) is 20.9. The first kappa shape index (κ1) is 22.4. The van der Waals surface area contributed by atoms with E-state index >= 15 is 0 Å². The van der Waals surface area contributed by atoms with Gasteiger partial charge in [-0.2, -0.15) is 26.3 Å². The van der Waals surface area contributed by atoms with Crippen LogP contribution < -0.4 is 10.2 Å². The zero-order chi connectivity index (χ0) is 19.7. The van der Waals surface area contributed by atoms with E-state index in [0.717, 1.165) is 0 Å². The molecule has 0 saturated carbocycles. The summed E-state index contributed by atoms with van der Waals surface area (Å²) in [6.07, 6.45) is -5.90. The van der Waals surface area contributed by atoms with E-state index in [1.807, 2.05) is 0 Å². The number of pyridine rings is 1. The Bertz CT molecular complexity index is 779. The van der Waals surface area contributed by atoms with E-state index in [0.29, 0.717) is 16.9 Å². The highest BCUT2D eigenvalue weighted by Crippen LogP contribution is 2.36. The van der Waals surface area contributed by atoms with Crippen molar-refractivity contribution >= 4 is 29.3 Å². The van der Waals surface area contributed by atoms with Crippen molar-refractivity contribution < 1.29 is 26.3 Å². The molecule has 3 heterocycles. The largest absolute Gasteiger partial charge is 0.393 e. The zero-order valence-corrected chi connectivity index (χ0v) is 15.3. The number of hydrogen-bond donors (Lipinski definition) is 1. The highest BCUT2D eigenvalue weighted by molar-refractivity contribution is 5.85. The number of halogens is 7. The van der Waals surface area contributed by atoms with Crippen LogP contribution in [0.2, 0.25) is 0 Å². The van der Waals surface area contributed by atoms with Gasteiger partial charge >= 0.3 is 12.4 Å². The van der Waals surface area contributed by atoms with Gasteiger partial charge in [-0.1, -0.05) is 0 Å². The van der Waals surface area contributed by atoms with E-state index in [9.17, 15) is 26.3 Å². The molecular formula is C16H18ClF6N5. The van der Waals surface area contributed by atoms with Crippen LogP contribution in [0.5, 0.6) is 0 Å². The highest BCUT2D eigenvalue weighted by Gasteiger charge is 2.45. The lowest BCUT2D eigenvalue weighted by atomic mass is 9.93. The van der Waals surface area contributed by atoms with Gasteiger partial charge in [0.15, 0.2) is 5.65 Å². The number of aromatic nitrogens is 3. The van der Waals surface area contributed by atoms with Crippen LogP contribution in [0.25, 0.3) is 11.2 Å². The summed E-state index contributed by atoms with van der Waals surface area (Å²) in [5, 5.41) is 2.61. The van der Waals surface area contributed by atoms with Crippen LogP contribution in [0.3, 0.4) is 0 Å². The van der Waals surface area contributed by atoms with E-state index in [4.69, 9.17) is 0 Å². The molecule has 12 heteroatoms. The quantitative estimate of drug-likeness (QED) is 0.750. The van der Waals surface area contributed by atoms with Crippen LogP contribution in [-0.4, -0.2) is 53.0 Å². The first-order valence-electron chi connectivity index (χ1n) is 8.31. The van der Waals surface area contributed by atoms with E-state index in [2.05, 4.69) is 20.3 Å². The summed E-state index contributed by atoms with van der Waals surface area (Å²) in [6.45, 7) is -0.583. The van der Waals surface area contributed by atoms with E-state index in [-0.39, 0.29) is 31.9 Å². The molecule has 1 fully saturated rings. The van der Waals surface area contributed by atoms with Gasteiger partial charge in [-0.05, 0) is 12.5 Å². The molecule has 156 valence electrons. The second kappa shape index (κ2) is 8.64. The molecule has 0 aliphatic carbocycles. The molecule has 1 aliphatic heterocycles. The Balaban J connectivity index is 0.00000280. The summed E-state index contributed by atoms with van der Waals surface area (Å²) in [4.78, 5) is 13.7. The number of piperidine rings is 1. The van der Waals surface area contributed by atoms with Crippen molar-refractivity contribution in [2.24, 2.45) is 5.92 Å². The van der Waals surface area contributed by atoms with Gasteiger partial charge in [0.25, 0.3) is 0 Å². The minimum atomic E-state index is -4.45. The summed E-state index contributed by atoms with van der Waals surface area (Å²) in [6, 6.07) is 0.815. The molecule has 0 aromatic carbocycles. The molecule has 1 aliphatic rings. The smallest absolute Gasteiger partial charge is 0.367 e. The number of anilines is 1. The Hall–Kier alpha value is -1.88. The van der Waals surface area contributed by atoms with Gasteiger partial charge in [0.2, 0.25) is 0 Å². The number of nitrogens with zero attached hydrogens (tertiary/aromatic N) is 4. The molecular weight excluding hydrogens is 412 g/mol. The third-order valence-electron chi connectivity index (χ3n) is 4.45. The Morgan fingerprint density at radius 1 is 1.00 bits per heavy atom. The molecule has 0 unspecified atom stereocenters. The second-order valence-corrected chi connectivity index (χ2v) is 6.45. The van der Waals surface area contributed by atoms with E-state index in [1.54, 1.807) is 6.07 Å². The number of alkyl halides is 6. The summed E-state index contributed by atoms with van der Waals surface area (Å²) in [5.41, 5.74) is 1.09. The average molecular weight is 430 g/mol. The SMILES string of the molecule is Cl.FC(F)(F)CCN[C@H]1C[C@@H](C(F)(F)F)CN(c2ccnc3nccnc23)C1. The molecule has 0 spiro atoms. The summed E-state index contributed by atoms with van der Waals surface area (Å²) >= 11 is 0. The van der Waals surface area contributed by atoms with Crippen molar-refractivity contribution in [2.45, 2.75) is 31.2 Å². The third kappa shape index (κ3) is 5.57. The van der Waals surface area contributed by atoms with Crippen molar-refractivity contribution in [1.82, 2.24) is 20.3 Å². The first-order chi connectivity index (χ1) is 12.6. The minimum absolute atomic E-state index is 0. The Kier molecular flexibility index (Phi) is 6.92. The average Bonchev–Trinajstić information content (AvgIpc) is 2.59. The van der Waals surface area contributed by atoms with Crippen LogP contribution in [-0.2, 0) is 0 Å². The van der Waals surface area contributed by atoms with Crippen LogP contribution in [0.15, 0.2) is 24.7 Å². The summed E-state index contributed by atoms with van der Waals surface area (Å²) < 4.78 is 77.1. The predicted octanol–water partition coefficient (Wildman–Crippen LogP) is 3.75. The molecule has 2 atom stereocenters. The summed E-state index contributed by atoms with van der Waals surface area (Å²) in [5.74, 6) is -1.66. The van der Waals surface area contributed by atoms with Crippen molar-refractivity contribution in [3.05, 3.63) is 24.7 Å². The van der Waals surface area contributed by atoms with Gasteiger partial charge in [0, 0.05) is 44.3 Å². The number of nitrogens with one attached hydrogen (secondary N) is 1. The monoisotopic (exact) mass is 429 g/mol. The number of hydrogen-bond acceptors (Lipinski definition) is 5. The zero-order valence-electron chi connectivity index (χ0n) is 14.5. The topological polar surface area (TPSA) is 53.9 Å². The van der Waals surface area contributed by atoms with E-state index < -0.39 is 37.3 Å². The van der Waals surface area contributed by atoms with Crippen LogP contribution in [0.4, 0.5) is 32.0 Å². The molecule has 1 N–H and O–H groups in total. The van der Waals surface area contributed by atoms with Gasteiger partial charge in [-0.25, -0.2) is 15.0 Å². The molecule has 2 aromatic heterocycles. The van der Waals surface area contributed by atoms with Crippen molar-refractivity contribution in [3.63, 3.8) is 0 Å². The van der Waals surface area contributed by atoms with Crippen LogP contribution in [0, 0.1) is 5.92 Å². The van der Waals surface area contributed by atoms with Crippen molar-refractivity contribution in [2.75, 3.05) is 24.5 Å². The second-order valence-electron chi connectivity index (χ2n) is 6.45. The fourth-order valence-corrected chi connectivity index (χ4v) is 3.22. The van der Waals surface area contributed by atoms with Crippen molar-refractivity contribution in [1.29, 1.82) is 0 Å². The lowest BCUT2D eigenvalue weighted by Gasteiger charge is -2.40. The maximum Gasteiger partial charge on any atom is 0.393 e. The van der Waals surface area contributed by atoms with Crippen molar-refractivity contribution in [3.8, 4) is 0 Å². The maximum absolute atomic E-state index is 13.4. The Labute approximate surface area is 163 Å². The maximum atomic E-state index is 13.4. The molecule has 28 heavy (non-hydrogen) atoms.